The summed E-state index contributed by atoms with van der Waals surface area (Å²) in [6.45, 7) is 3.19. The first-order chi connectivity index (χ1) is 5.37. The molecule has 0 saturated carbocycles. The Balaban J connectivity index is 4.24. The van der Waals surface area contributed by atoms with Crippen LogP contribution in [0.4, 0.5) is 0 Å². The zero-order valence-electron chi connectivity index (χ0n) is 7.53. The normalized spacial score (nSPS) is 14.2. The maximum Gasteiger partial charge on any atom is 0.265 e. The summed E-state index contributed by atoms with van der Waals surface area (Å²) in [4.78, 5) is 10.8. The van der Waals surface area contributed by atoms with Crippen molar-refractivity contribution < 1.29 is 17.4 Å². The lowest BCUT2D eigenvalue weighted by molar-refractivity contribution is -0.123. The molecular formula is C7H14O4S. The minimum atomic E-state index is -3.51. The first-order valence-corrected chi connectivity index (χ1v) is 5.57. The van der Waals surface area contributed by atoms with E-state index in [1.54, 1.807) is 0 Å². The van der Waals surface area contributed by atoms with Gasteiger partial charge in [0, 0.05) is 0 Å². The van der Waals surface area contributed by atoms with Crippen LogP contribution in [0.3, 0.4) is 0 Å². The number of ketones is 1. The summed E-state index contributed by atoms with van der Waals surface area (Å²) < 4.78 is 25.9. The Kier molecular flexibility index (Phi) is 4.41. The highest BCUT2D eigenvalue weighted by Gasteiger charge is 2.18. The Morgan fingerprint density at radius 2 is 2.00 bits per heavy atom. The fourth-order valence-electron chi connectivity index (χ4n) is 0.792. The Morgan fingerprint density at radius 3 is 2.25 bits per heavy atom. The monoisotopic (exact) mass is 194 g/mol. The van der Waals surface area contributed by atoms with Crippen LogP contribution >= 0.6 is 0 Å². The molecule has 12 heavy (non-hydrogen) atoms. The van der Waals surface area contributed by atoms with Gasteiger partial charge in [-0.1, -0.05) is 13.3 Å². The first kappa shape index (κ1) is 11.6. The van der Waals surface area contributed by atoms with Crippen molar-refractivity contribution in [3.63, 3.8) is 0 Å². The second-order valence-electron chi connectivity index (χ2n) is 2.69. The van der Waals surface area contributed by atoms with Crippen LogP contribution in [0.15, 0.2) is 0 Å². The minimum Gasteiger partial charge on any atom is -0.297 e. The minimum absolute atomic E-state index is 0.248. The van der Waals surface area contributed by atoms with E-state index in [0.717, 1.165) is 12.7 Å². The molecule has 0 saturated heterocycles. The lowest BCUT2D eigenvalue weighted by atomic mass is 10.1. The van der Waals surface area contributed by atoms with Gasteiger partial charge in [-0.25, -0.2) is 0 Å². The molecule has 0 N–H and O–H groups in total. The van der Waals surface area contributed by atoms with Gasteiger partial charge in [0.05, 0.1) is 6.26 Å². The van der Waals surface area contributed by atoms with Gasteiger partial charge >= 0.3 is 0 Å². The van der Waals surface area contributed by atoms with Gasteiger partial charge in [0.25, 0.3) is 10.1 Å². The van der Waals surface area contributed by atoms with Crippen molar-refractivity contribution in [2.75, 3.05) is 6.26 Å². The number of Topliss-reactive ketones (excluding diaryl/α,β-unsaturated/α-hetero) is 1. The third-order valence-electron chi connectivity index (χ3n) is 1.30. The maximum absolute atomic E-state index is 10.8. The van der Waals surface area contributed by atoms with E-state index in [-0.39, 0.29) is 5.78 Å². The van der Waals surface area contributed by atoms with E-state index < -0.39 is 16.2 Å². The number of carbonyl (C=O) groups is 1. The van der Waals surface area contributed by atoms with E-state index >= 15 is 0 Å². The SMILES string of the molecule is CCCC(OS(C)(=O)=O)C(C)=O. The van der Waals surface area contributed by atoms with Gasteiger partial charge in [-0.05, 0) is 13.3 Å². The summed E-state index contributed by atoms with van der Waals surface area (Å²) in [6, 6.07) is 0. The molecule has 0 aromatic rings. The van der Waals surface area contributed by atoms with Crippen LogP contribution in [-0.4, -0.2) is 26.6 Å². The maximum atomic E-state index is 10.8. The highest BCUT2D eigenvalue weighted by atomic mass is 32.2. The number of carbonyl (C=O) groups excluding carboxylic acids is 1. The van der Waals surface area contributed by atoms with Crippen molar-refractivity contribution in [1.82, 2.24) is 0 Å². The standard InChI is InChI=1S/C7H14O4S/c1-4-5-7(6(2)8)11-12(3,9)10/h7H,4-5H2,1-3H3. The molecule has 1 unspecified atom stereocenters. The third kappa shape index (κ3) is 5.26. The molecule has 0 aliphatic heterocycles. The van der Waals surface area contributed by atoms with Crippen molar-refractivity contribution in [1.29, 1.82) is 0 Å². The Morgan fingerprint density at radius 1 is 1.50 bits per heavy atom. The summed E-state index contributed by atoms with van der Waals surface area (Å²) in [6.07, 6.45) is 1.31. The van der Waals surface area contributed by atoms with Crippen LogP contribution in [0.1, 0.15) is 26.7 Å². The molecule has 5 heteroatoms. The Labute approximate surface area is 73.0 Å². The van der Waals surface area contributed by atoms with E-state index in [4.69, 9.17) is 0 Å². The summed E-state index contributed by atoms with van der Waals surface area (Å²) in [5.41, 5.74) is 0. The van der Waals surface area contributed by atoms with E-state index in [0.29, 0.717) is 6.42 Å². The molecule has 72 valence electrons. The van der Waals surface area contributed by atoms with Crippen LogP contribution in [0, 0.1) is 0 Å². The summed E-state index contributed by atoms with van der Waals surface area (Å²) >= 11 is 0. The second kappa shape index (κ2) is 4.57. The largest absolute Gasteiger partial charge is 0.297 e. The summed E-state index contributed by atoms with van der Waals surface area (Å²) in [5.74, 6) is -0.248. The van der Waals surface area contributed by atoms with E-state index in [9.17, 15) is 13.2 Å². The first-order valence-electron chi connectivity index (χ1n) is 3.75. The van der Waals surface area contributed by atoms with Gasteiger partial charge in [-0.2, -0.15) is 8.42 Å². The van der Waals surface area contributed by atoms with Crippen molar-refractivity contribution in [3.05, 3.63) is 0 Å². The highest BCUT2D eigenvalue weighted by Crippen LogP contribution is 2.06. The topological polar surface area (TPSA) is 60.4 Å². The summed E-state index contributed by atoms with van der Waals surface area (Å²) in [7, 11) is -3.51. The van der Waals surface area contributed by atoms with Gasteiger partial charge in [-0.3, -0.25) is 8.98 Å². The zero-order valence-corrected chi connectivity index (χ0v) is 8.35. The van der Waals surface area contributed by atoms with Crippen molar-refractivity contribution in [3.8, 4) is 0 Å². The molecule has 0 spiro atoms. The summed E-state index contributed by atoms with van der Waals surface area (Å²) in [5, 5.41) is 0. The average Bonchev–Trinajstić information content (AvgIpc) is 1.83. The fourth-order valence-corrected chi connectivity index (χ4v) is 1.45. The van der Waals surface area contributed by atoms with E-state index in [2.05, 4.69) is 4.18 Å². The van der Waals surface area contributed by atoms with Gasteiger partial charge in [0.1, 0.15) is 6.10 Å². The van der Waals surface area contributed by atoms with Gasteiger partial charge in [0.15, 0.2) is 5.78 Å². The molecule has 0 radical (unpaired) electrons. The van der Waals surface area contributed by atoms with Crippen LogP contribution < -0.4 is 0 Å². The second-order valence-corrected chi connectivity index (χ2v) is 4.29. The molecule has 0 aliphatic carbocycles. The van der Waals surface area contributed by atoms with Gasteiger partial charge in [-0.15, -0.1) is 0 Å². The van der Waals surface area contributed by atoms with Gasteiger partial charge in [0.2, 0.25) is 0 Å². The third-order valence-corrected chi connectivity index (χ3v) is 1.88. The predicted molar refractivity (Wildman–Crippen MR) is 45.3 cm³/mol. The Hall–Kier alpha value is -0.420. The molecule has 1 atom stereocenters. The van der Waals surface area contributed by atoms with Crippen LogP contribution in [0.5, 0.6) is 0 Å². The fraction of sp³-hybridized carbons (Fsp3) is 0.857. The van der Waals surface area contributed by atoms with Crippen LogP contribution in [-0.2, 0) is 19.1 Å². The highest BCUT2D eigenvalue weighted by molar-refractivity contribution is 7.86. The van der Waals surface area contributed by atoms with Crippen molar-refractivity contribution in [2.45, 2.75) is 32.8 Å². The molecular weight excluding hydrogens is 180 g/mol. The van der Waals surface area contributed by atoms with Crippen molar-refractivity contribution >= 4 is 15.9 Å². The molecule has 4 nitrogen and oxygen atoms in total. The molecule has 0 rings (SSSR count). The number of hydrogen-bond acceptors (Lipinski definition) is 4. The molecule has 0 aliphatic rings. The molecule has 0 aromatic heterocycles. The molecule has 0 fully saturated rings. The number of rotatable bonds is 5. The number of hydrogen-bond donors (Lipinski definition) is 0. The van der Waals surface area contributed by atoms with E-state index in [1.807, 2.05) is 6.92 Å². The Bertz CT molecular complexity index is 242. The quantitative estimate of drug-likeness (QED) is 0.605. The lowest BCUT2D eigenvalue weighted by Crippen LogP contribution is -2.24. The smallest absolute Gasteiger partial charge is 0.265 e. The average molecular weight is 194 g/mol. The van der Waals surface area contributed by atoms with Crippen LogP contribution in [0.2, 0.25) is 0 Å². The molecule has 0 bridgehead atoms. The molecule has 0 heterocycles. The lowest BCUT2D eigenvalue weighted by Gasteiger charge is -2.10. The zero-order chi connectivity index (χ0) is 9.78. The molecule has 0 amide bonds. The van der Waals surface area contributed by atoms with E-state index in [1.165, 1.54) is 6.92 Å². The van der Waals surface area contributed by atoms with Crippen molar-refractivity contribution in [2.24, 2.45) is 0 Å². The predicted octanol–water partition coefficient (Wildman–Crippen LogP) is 0.720. The van der Waals surface area contributed by atoms with Crippen LogP contribution in [0.25, 0.3) is 0 Å². The molecule has 0 aromatic carbocycles. The van der Waals surface area contributed by atoms with Gasteiger partial charge < -0.3 is 0 Å².